The number of carbonyl (C=O) groups is 2. The number of ether oxygens (including phenoxy) is 1. The first-order valence-electron chi connectivity index (χ1n) is 5.86. The molecule has 0 saturated heterocycles. The minimum absolute atomic E-state index is 0.187. The third-order valence-corrected chi connectivity index (χ3v) is 3.54. The number of aliphatic carboxylic acids is 1. The van der Waals surface area contributed by atoms with Gasteiger partial charge in [-0.15, -0.1) is 11.3 Å². The molecule has 1 aromatic carbocycles. The lowest BCUT2D eigenvalue weighted by Crippen LogP contribution is -2.12. The van der Waals surface area contributed by atoms with Gasteiger partial charge >= 0.3 is 5.97 Å². The maximum absolute atomic E-state index is 12.0. The zero-order valence-corrected chi connectivity index (χ0v) is 11.6. The molecular formula is C14H13NO4S. The summed E-state index contributed by atoms with van der Waals surface area (Å²) < 4.78 is 5.06. The van der Waals surface area contributed by atoms with E-state index in [4.69, 9.17) is 9.84 Å². The fourth-order valence-corrected chi connectivity index (χ4v) is 2.42. The summed E-state index contributed by atoms with van der Waals surface area (Å²) in [4.78, 5) is 23.1. The van der Waals surface area contributed by atoms with Crippen molar-refractivity contribution >= 4 is 28.9 Å². The Bertz CT molecular complexity index is 636. The van der Waals surface area contributed by atoms with Crippen molar-refractivity contribution in [3.63, 3.8) is 0 Å². The van der Waals surface area contributed by atoms with Gasteiger partial charge in [0.25, 0.3) is 5.91 Å². The van der Waals surface area contributed by atoms with Crippen LogP contribution in [0.3, 0.4) is 0 Å². The Morgan fingerprint density at radius 2 is 2.15 bits per heavy atom. The lowest BCUT2D eigenvalue weighted by atomic mass is 10.2. The van der Waals surface area contributed by atoms with Crippen molar-refractivity contribution in [2.45, 2.75) is 6.92 Å². The minimum atomic E-state index is -1.05. The molecule has 0 radical (unpaired) electrons. The number of hydrogen-bond acceptors (Lipinski definition) is 4. The van der Waals surface area contributed by atoms with E-state index in [0.29, 0.717) is 16.3 Å². The van der Waals surface area contributed by atoms with E-state index in [0.717, 1.165) is 5.56 Å². The van der Waals surface area contributed by atoms with Gasteiger partial charge in [0.15, 0.2) is 6.61 Å². The topological polar surface area (TPSA) is 75.6 Å². The molecule has 0 spiro atoms. The molecule has 0 unspecified atom stereocenters. The number of carboxylic acid groups (broad SMARTS) is 1. The van der Waals surface area contributed by atoms with E-state index in [1.807, 2.05) is 18.4 Å². The molecule has 0 atom stereocenters. The second kappa shape index (κ2) is 6.21. The van der Waals surface area contributed by atoms with E-state index in [2.05, 4.69) is 5.32 Å². The lowest BCUT2D eigenvalue weighted by molar-refractivity contribution is -0.139. The maximum Gasteiger partial charge on any atom is 0.341 e. The molecule has 5 nitrogen and oxygen atoms in total. The van der Waals surface area contributed by atoms with Crippen molar-refractivity contribution in [3.05, 3.63) is 46.2 Å². The zero-order chi connectivity index (χ0) is 14.5. The van der Waals surface area contributed by atoms with E-state index in [1.165, 1.54) is 11.3 Å². The number of nitrogens with one attached hydrogen (secondary N) is 1. The number of aryl methyl sites for hydroxylation is 1. The van der Waals surface area contributed by atoms with Crippen molar-refractivity contribution in [3.8, 4) is 5.75 Å². The monoisotopic (exact) mass is 291 g/mol. The largest absolute Gasteiger partial charge is 0.482 e. The molecule has 1 aromatic heterocycles. The molecular weight excluding hydrogens is 278 g/mol. The molecule has 6 heteroatoms. The summed E-state index contributed by atoms with van der Waals surface area (Å²) in [5, 5.41) is 13.2. The zero-order valence-electron chi connectivity index (χ0n) is 10.8. The lowest BCUT2D eigenvalue weighted by Gasteiger charge is -2.07. The van der Waals surface area contributed by atoms with Gasteiger partial charge in [0.2, 0.25) is 0 Å². The van der Waals surface area contributed by atoms with E-state index in [1.54, 1.807) is 24.3 Å². The van der Waals surface area contributed by atoms with Crippen LogP contribution >= 0.6 is 11.3 Å². The highest BCUT2D eigenvalue weighted by molar-refractivity contribution is 7.12. The summed E-state index contributed by atoms with van der Waals surface area (Å²) in [6, 6.07) is 8.51. The smallest absolute Gasteiger partial charge is 0.341 e. The van der Waals surface area contributed by atoms with Crippen LogP contribution in [0, 0.1) is 6.92 Å². The Labute approximate surface area is 119 Å². The summed E-state index contributed by atoms with van der Waals surface area (Å²) in [6.07, 6.45) is 0. The molecule has 20 heavy (non-hydrogen) atoms. The van der Waals surface area contributed by atoms with E-state index >= 15 is 0 Å². The second-order valence-electron chi connectivity index (χ2n) is 4.10. The van der Waals surface area contributed by atoms with Crippen molar-refractivity contribution in [1.29, 1.82) is 0 Å². The van der Waals surface area contributed by atoms with Gasteiger partial charge in [0, 0.05) is 11.8 Å². The first-order valence-corrected chi connectivity index (χ1v) is 6.74. The fraction of sp³-hybridized carbons (Fsp3) is 0.143. The standard InChI is InChI=1S/C14H13NO4S/c1-9-5-6-20-13(9)14(18)15-10-3-2-4-11(7-10)19-8-12(16)17/h2-7H,8H2,1H3,(H,15,18)(H,16,17). The van der Waals surface area contributed by atoms with Gasteiger partial charge in [0.1, 0.15) is 5.75 Å². The van der Waals surface area contributed by atoms with Gasteiger partial charge in [-0.05, 0) is 36.1 Å². The summed E-state index contributed by atoms with van der Waals surface area (Å²) >= 11 is 1.37. The highest BCUT2D eigenvalue weighted by atomic mass is 32.1. The van der Waals surface area contributed by atoms with Gasteiger partial charge in [-0.2, -0.15) is 0 Å². The van der Waals surface area contributed by atoms with Crippen molar-refractivity contribution in [2.24, 2.45) is 0 Å². The van der Waals surface area contributed by atoms with Gasteiger partial charge in [-0.1, -0.05) is 6.07 Å². The van der Waals surface area contributed by atoms with Gasteiger partial charge in [-0.25, -0.2) is 4.79 Å². The number of amides is 1. The highest BCUT2D eigenvalue weighted by Gasteiger charge is 2.11. The average Bonchev–Trinajstić information content (AvgIpc) is 2.83. The minimum Gasteiger partial charge on any atom is -0.482 e. The third kappa shape index (κ3) is 3.58. The molecule has 0 fully saturated rings. The van der Waals surface area contributed by atoms with E-state index in [-0.39, 0.29) is 5.91 Å². The Morgan fingerprint density at radius 1 is 1.35 bits per heavy atom. The number of carboxylic acids is 1. The van der Waals surface area contributed by atoms with Gasteiger partial charge < -0.3 is 15.2 Å². The summed E-state index contributed by atoms with van der Waals surface area (Å²) in [7, 11) is 0. The summed E-state index contributed by atoms with van der Waals surface area (Å²) in [5.41, 5.74) is 1.48. The van der Waals surface area contributed by atoms with Crippen LogP contribution in [0.4, 0.5) is 5.69 Å². The SMILES string of the molecule is Cc1ccsc1C(=O)Nc1cccc(OCC(=O)O)c1. The molecule has 1 heterocycles. The number of carbonyl (C=O) groups excluding carboxylic acids is 1. The van der Waals surface area contributed by atoms with E-state index in [9.17, 15) is 9.59 Å². The van der Waals surface area contributed by atoms with E-state index < -0.39 is 12.6 Å². The highest BCUT2D eigenvalue weighted by Crippen LogP contribution is 2.20. The molecule has 0 aliphatic carbocycles. The first kappa shape index (κ1) is 14.1. The van der Waals surface area contributed by atoms with Crippen LogP contribution in [0.1, 0.15) is 15.2 Å². The molecule has 2 rings (SSSR count). The Kier molecular flexibility index (Phi) is 4.37. The van der Waals surface area contributed by atoms with Crippen molar-refractivity contribution in [1.82, 2.24) is 0 Å². The van der Waals surface area contributed by atoms with Crippen molar-refractivity contribution in [2.75, 3.05) is 11.9 Å². The molecule has 2 aromatic rings. The predicted molar refractivity (Wildman–Crippen MR) is 76.6 cm³/mol. The van der Waals surface area contributed by atoms with Gasteiger partial charge in [-0.3, -0.25) is 4.79 Å². The average molecular weight is 291 g/mol. The van der Waals surface area contributed by atoms with Crippen LogP contribution in [0.5, 0.6) is 5.75 Å². The Hall–Kier alpha value is -2.34. The Morgan fingerprint density at radius 3 is 2.80 bits per heavy atom. The predicted octanol–water partition coefficient (Wildman–Crippen LogP) is 2.77. The molecule has 2 N–H and O–H groups in total. The first-order chi connectivity index (χ1) is 9.56. The quantitative estimate of drug-likeness (QED) is 0.888. The second-order valence-corrected chi connectivity index (χ2v) is 5.01. The number of hydrogen-bond donors (Lipinski definition) is 2. The molecule has 1 amide bonds. The van der Waals surface area contributed by atoms with Crippen LogP contribution in [-0.4, -0.2) is 23.6 Å². The molecule has 0 saturated carbocycles. The number of rotatable bonds is 5. The Balaban J connectivity index is 2.06. The van der Waals surface area contributed by atoms with Crippen LogP contribution < -0.4 is 10.1 Å². The van der Waals surface area contributed by atoms with Crippen molar-refractivity contribution < 1.29 is 19.4 Å². The van der Waals surface area contributed by atoms with Crippen LogP contribution in [0.25, 0.3) is 0 Å². The number of anilines is 1. The normalized spacial score (nSPS) is 10.1. The molecule has 104 valence electrons. The number of thiophene rings is 1. The molecule has 0 aliphatic rings. The summed E-state index contributed by atoms with van der Waals surface area (Å²) in [5.74, 6) is -0.838. The van der Waals surface area contributed by atoms with Crippen LogP contribution in [0.15, 0.2) is 35.7 Å². The third-order valence-electron chi connectivity index (χ3n) is 2.52. The van der Waals surface area contributed by atoms with Crippen LogP contribution in [-0.2, 0) is 4.79 Å². The molecule has 0 aliphatic heterocycles. The molecule has 0 bridgehead atoms. The fourth-order valence-electron chi connectivity index (χ4n) is 1.60. The number of benzene rings is 1. The van der Waals surface area contributed by atoms with Gasteiger partial charge in [0.05, 0.1) is 4.88 Å². The van der Waals surface area contributed by atoms with Crippen LogP contribution in [0.2, 0.25) is 0 Å². The summed E-state index contributed by atoms with van der Waals surface area (Å²) in [6.45, 7) is 1.46. The maximum atomic E-state index is 12.0.